The Morgan fingerprint density at radius 1 is 0.714 bits per heavy atom. The third-order valence-corrected chi connectivity index (χ3v) is 6.02. The highest BCUT2D eigenvalue weighted by atomic mass is 14.9. The van der Waals surface area contributed by atoms with Crippen molar-refractivity contribution in [3.8, 4) is 11.3 Å². The SMILES string of the molecule is Cc1ccc2c3cccc4ncc5cccc(c2c1-c1cccc[n+]1C)c5c43. The molecule has 2 heterocycles. The number of aryl methyl sites for hydroxylation is 2. The van der Waals surface area contributed by atoms with Crippen LogP contribution in [0.1, 0.15) is 5.56 Å². The van der Waals surface area contributed by atoms with Crippen LogP contribution in [0, 0.1) is 6.92 Å². The first kappa shape index (κ1) is 15.5. The topological polar surface area (TPSA) is 16.8 Å². The lowest BCUT2D eigenvalue weighted by Gasteiger charge is -2.17. The van der Waals surface area contributed by atoms with E-state index in [1.165, 1.54) is 54.5 Å². The quantitative estimate of drug-likeness (QED) is 0.202. The number of nitrogens with zero attached hydrogens (tertiary/aromatic N) is 2. The van der Waals surface area contributed by atoms with Gasteiger partial charge in [0, 0.05) is 39.9 Å². The van der Waals surface area contributed by atoms with Crippen LogP contribution in [0.3, 0.4) is 0 Å². The maximum atomic E-state index is 4.73. The van der Waals surface area contributed by atoms with Crippen molar-refractivity contribution in [1.29, 1.82) is 0 Å². The molecule has 0 spiro atoms. The zero-order valence-corrected chi connectivity index (χ0v) is 15.9. The van der Waals surface area contributed by atoms with Gasteiger partial charge in [0.2, 0.25) is 5.69 Å². The van der Waals surface area contributed by atoms with Crippen molar-refractivity contribution in [2.45, 2.75) is 6.92 Å². The molecule has 28 heavy (non-hydrogen) atoms. The van der Waals surface area contributed by atoms with Gasteiger partial charge in [-0.3, -0.25) is 4.98 Å². The van der Waals surface area contributed by atoms with Gasteiger partial charge in [0.05, 0.1) is 11.1 Å². The summed E-state index contributed by atoms with van der Waals surface area (Å²) in [7, 11) is 2.12. The molecule has 4 aromatic carbocycles. The van der Waals surface area contributed by atoms with Crippen LogP contribution in [0.25, 0.3) is 54.5 Å². The van der Waals surface area contributed by atoms with E-state index >= 15 is 0 Å². The average molecular weight is 359 g/mol. The van der Waals surface area contributed by atoms with Crippen LogP contribution in [0.4, 0.5) is 0 Å². The maximum absolute atomic E-state index is 4.73. The number of aromatic nitrogens is 2. The second kappa shape index (κ2) is 5.49. The average Bonchev–Trinajstić information content (AvgIpc) is 2.73. The van der Waals surface area contributed by atoms with E-state index in [1.807, 2.05) is 6.20 Å². The van der Waals surface area contributed by atoms with Gasteiger partial charge >= 0.3 is 0 Å². The Balaban J connectivity index is 1.99. The van der Waals surface area contributed by atoms with Crippen molar-refractivity contribution in [3.63, 3.8) is 0 Å². The molecule has 2 aromatic heterocycles. The summed E-state index contributed by atoms with van der Waals surface area (Å²) >= 11 is 0. The predicted octanol–water partition coefficient (Wildman–Crippen LogP) is 5.93. The fraction of sp³-hybridized carbons (Fsp3) is 0.0769. The fourth-order valence-corrected chi connectivity index (χ4v) is 4.76. The van der Waals surface area contributed by atoms with E-state index in [9.17, 15) is 0 Å². The molecule has 0 aliphatic carbocycles. The summed E-state index contributed by atoms with van der Waals surface area (Å²) in [5, 5.41) is 9.01. The van der Waals surface area contributed by atoms with Crippen LogP contribution in [-0.2, 0) is 7.05 Å². The molecule has 0 amide bonds. The smallest absolute Gasteiger partial charge is 0.213 e. The first-order valence-corrected chi connectivity index (χ1v) is 9.64. The van der Waals surface area contributed by atoms with Gasteiger partial charge in [0.1, 0.15) is 7.05 Å². The second-order valence-corrected chi connectivity index (χ2v) is 7.60. The van der Waals surface area contributed by atoms with Gasteiger partial charge in [0.15, 0.2) is 6.20 Å². The van der Waals surface area contributed by atoms with Crippen LogP contribution < -0.4 is 4.57 Å². The molecular formula is C26H19N2+. The molecule has 0 fully saturated rings. The minimum Gasteiger partial charge on any atom is -0.256 e. The van der Waals surface area contributed by atoms with E-state index in [0.717, 1.165) is 5.52 Å². The van der Waals surface area contributed by atoms with Gasteiger partial charge < -0.3 is 0 Å². The zero-order chi connectivity index (χ0) is 18.8. The van der Waals surface area contributed by atoms with E-state index in [0.29, 0.717) is 0 Å². The Labute approximate surface area is 163 Å². The maximum Gasteiger partial charge on any atom is 0.213 e. The minimum atomic E-state index is 1.07. The summed E-state index contributed by atoms with van der Waals surface area (Å²) in [6.07, 6.45) is 4.13. The Bertz CT molecular complexity index is 1530. The highest BCUT2D eigenvalue weighted by Crippen LogP contribution is 2.43. The summed E-state index contributed by atoms with van der Waals surface area (Å²) in [6, 6.07) is 24.0. The fourth-order valence-electron chi connectivity index (χ4n) is 4.76. The molecule has 0 saturated carbocycles. The molecule has 0 atom stereocenters. The van der Waals surface area contributed by atoms with Gasteiger partial charge in [0.25, 0.3) is 0 Å². The van der Waals surface area contributed by atoms with Gasteiger partial charge in [-0.25, -0.2) is 4.57 Å². The largest absolute Gasteiger partial charge is 0.256 e. The van der Waals surface area contributed by atoms with Crippen molar-refractivity contribution in [2.75, 3.05) is 0 Å². The predicted molar refractivity (Wildman–Crippen MR) is 117 cm³/mol. The number of fused-ring (bicyclic) bond motifs is 3. The Morgan fingerprint density at radius 2 is 1.54 bits per heavy atom. The van der Waals surface area contributed by atoms with Crippen molar-refractivity contribution in [3.05, 3.63) is 84.7 Å². The third kappa shape index (κ3) is 1.92. The van der Waals surface area contributed by atoms with E-state index < -0.39 is 0 Å². The monoisotopic (exact) mass is 359 g/mol. The summed E-state index contributed by atoms with van der Waals surface area (Å²) in [4.78, 5) is 4.73. The normalized spacial score (nSPS) is 11.9. The number of hydrogen-bond donors (Lipinski definition) is 0. The number of benzene rings is 4. The summed E-state index contributed by atoms with van der Waals surface area (Å²) in [5.41, 5.74) is 4.91. The minimum absolute atomic E-state index is 1.07. The van der Waals surface area contributed by atoms with E-state index in [2.05, 4.69) is 91.5 Å². The van der Waals surface area contributed by atoms with Crippen LogP contribution in [-0.4, -0.2) is 4.98 Å². The van der Waals surface area contributed by atoms with Crippen LogP contribution in [0.2, 0.25) is 0 Å². The van der Waals surface area contributed by atoms with Gasteiger partial charge in [-0.05, 0) is 40.8 Å². The molecule has 2 heteroatoms. The molecule has 0 radical (unpaired) electrons. The van der Waals surface area contributed by atoms with Gasteiger partial charge in [-0.1, -0.05) is 42.5 Å². The molecule has 2 nitrogen and oxygen atoms in total. The standard InChI is InChI=1S/C26H19N2/c1-16-12-13-19-18-8-6-10-21-26(18)24-17(15-27-21)7-5-9-20(24)25(19)23(16)22-11-3-4-14-28(22)2/h3-15H,1-2H3/q+1. The molecule has 0 aliphatic heterocycles. The first-order chi connectivity index (χ1) is 13.7. The molecule has 0 N–H and O–H groups in total. The summed E-state index contributed by atoms with van der Waals surface area (Å²) < 4.78 is 2.21. The van der Waals surface area contributed by atoms with Crippen molar-refractivity contribution in [2.24, 2.45) is 7.05 Å². The van der Waals surface area contributed by atoms with E-state index in [4.69, 9.17) is 4.98 Å². The highest BCUT2D eigenvalue weighted by molar-refractivity contribution is 6.34. The lowest BCUT2D eigenvalue weighted by molar-refractivity contribution is -0.660. The number of pyridine rings is 2. The highest BCUT2D eigenvalue weighted by Gasteiger charge is 2.21. The Kier molecular flexibility index (Phi) is 3.05. The summed E-state index contributed by atoms with van der Waals surface area (Å²) in [6.45, 7) is 2.21. The molecule has 0 bridgehead atoms. The van der Waals surface area contributed by atoms with Crippen molar-refractivity contribution >= 4 is 43.2 Å². The second-order valence-electron chi connectivity index (χ2n) is 7.60. The van der Waals surface area contributed by atoms with Crippen LogP contribution in [0.5, 0.6) is 0 Å². The number of hydrogen-bond acceptors (Lipinski definition) is 1. The van der Waals surface area contributed by atoms with Crippen LogP contribution in [0.15, 0.2) is 79.1 Å². The third-order valence-electron chi connectivity index (χ3n) is 6.02. The van der Waals surface area contributed by atoms with Crippen molar-refractivity contribution in [1.82, 2.24) is 4.98 Å². The molecule has 0 saturated heterocycles. The molecule has 6 rings (SSSR count). The lowest BCUT2D eigenvalue weighted by Crippen LogP contribution is -2.30. The van der Waals surface area contributed by atoms with E-state index in [1.54, 1.807) is 0 Å². The van der Waals surface area contributed by atoms with E-state index in [-0.39, 0.29) is 0 Å². The lowest BCUT2D eigenvalue weighted by atomic mass is 9.87. The molecule has 0 aliphatic rings. The first-order valence-electron chi connectivity index (χ1n) is 9.64. The molecule has 132 valence electrons. The summed E-state index contributed by atoms with van der Waals surface area (Å²) in [5.74, 6) is 0. The van der Waals surface area contributed by atoms with Crippen molar-refractivity contribution < 1.29 is 4.57 Å². The Morgan fingerprint density at radius 3 is 2.43 bits per heavy atom. The van der Waals surface area contributed by atoms with Gasteiger partial charge in [-0.2, -0.15) is 0 Å². The van der Waals surface area contributed by atoms with Crippen LogP contribution >= 0.6 is 0 Å². The molecule has 6 aromatic rings. The molecule has 0 unspecified atom stereocenters. The zero-order valence-electron chi connectivity index (χ0n) is 15.9. The number of rotatable bonds is 1. The molecular weight excluding hydrogens is 340 g/mol. The Hall–Kier alpha value is -3.52. The van der Waals surface area contributed by atoms with Gasteiger partial charge in [-0.15, -0.1) is 0 Å².